The maximum atomic E-state index is 2.53. The summed E-state index contributed by atoms with van der Waals surface area (Å²) in [5, 5.41) is 2.72. The summed E-state index contributed by atoms with van der Waals surface area (Å²) >= 11 is 0. The van der Waals surface area contributed by atoms with Gasteiger partial charge in [0.2, 0.25) is 0 Å². The molecule has 0 bridgehead atoms. The lowest BCUT2D eigenvalue weighted by atomic mass is 9.75. The molecule has 4 aromatic carbocycles. The summed E-state index contributed by atoms with van der Waals surface area (Å²) in [5.74, 6) is 0. The summed E-state index contributed by atoms with van der Waals surface area (Å²) in [6.07, 6.45) is 0. The van der Waals surface area contributed by atoms with Gasteiger partial charge in [-0.25, -0.2) is 0 Å². The van der Waals surface area contributed by atoms with Gasteiger partial charge in [0.25, 0.3) is 0 Å². The van der Waals surface area contributed by atoms with Gasteiger partial charge >= 0.3 is 0 Å². The van der Waals surface area contributed by atoms with Crippen molar-refractivity contribution in [3.05, 3.63) is 101 Å². The van der Waals surface area contributed by atoms with Gasteiger partial charge in [-0.2, -0.15) is 0 Å². The second kappa shape index (κ2) is 6.60. The van der Waals surface area contributed by atoms with Gasteiger partial charge in [-0.1, -0.05) is 102 Å². The van der Waals surface area contributed by atoms with Crippen LogP contribution in [0.1, 0.15) is 63.8 Å². The Morgan fingerprint density at radius 3 is 1.97 bits per heavy atom. The average molecular weight is 430 g/mol. The Morgan fingerprint density at radius 2 is 1.18 bits per heavy atom. The van der Waals surface area contributed by atoms with E-state index in [1.165, 1.54) is 60.9 Å². The molecule has 1 aliphatic heterocycles. The lowest BCUT2D eigenvalue weighted by Crippen LogP contribution is -2.26. The molecular formula is C32H31N. The molecule has 0 N–H and O–H groups in total. The number of para-hydroxylation sites is 2. The zero-order valence-electron chi connectivity index (χ0n) is 20.5. The maximum Gasteiger partial charge on any atom is 0.0582 e. The zero-order chi connectivity index (χ0) is 23.1. The molecule has 0 unspecified atom stereocenters. The van der Waals surface area contributed by atoms with E-state index >= 15 is 0 Å². The summed E-state index contributed by atoms with van der Waals surface area (Å²) in [4.78, 5) is 0. The molecule has 0 saturated carbocycles. The predicted octanol–water partition coefficient (Wildman–Crippen LogP) is 8.76. The van der Waals surface area contributed by atoms with Crippen LogP contribution < -0.4 is 0 Å². The minimum Gasteiger partial charge on any atom is -0.309 e. The lowest BCUT2D eigenvalue weighted by Gasteiger charge is -2.34. The maximum absolute atomic E-state index is 2.53. The van der Waals surface area contributed by atoms with Gasteiger partial charge in [-0.05, 0) is 51.6 Å². The molecule has 0 fully saturated rings. The second-order valence-corrected chi connectivity index (χ2v) is 10.3. The highest BCUT2D eigenvalue weighted by Crippen LogP contribution is 2.53. The van der Waals surface area contributed by atoms with Gasteiger partial charge < -0.3 is 4.57 Å². The van der Waals surface area contributed by atoms with E-state index in [4.69, 9.17) is 0 Å². The van der Waals surface area contributed by atoms with Crippen LogP contribution in [0.25, 0.3) is 38.6 Å². The molecule has 1 aliphatic carbocycles. The van der Waals surface area contributed by atoms with Gasteiger partial charge in [-0.15, -0.1) is 0 Å². The summed E-state index contributed by atoms with van der Waals surface area (Å²) in [6, 6.07) is 29.7. The number of hydrogen-bond acceptors (Lipinski definition) is 0. The molecule has 2 aliphatic rings. The minimum atomic E-state index is -0.0188. The zero-order valence-corrected chi connectivity index (χ0v) is 20.5. The van der Waals surface area contributed by atoms with Crippen LogP contribution in [-0.4, -0.2) is 4.57 Å². The van der Waals surface area contributed by atoms with E-state index in [9.17, 15) is 0 Å². The standard InChI is InChI=1S/C30H25N.C2H6/c1-29(2)22-12-6-5-10-18(22)20-16-21-19-11-9-14-24-28(19)31(27(21)17-25(20)29)26-15-8-7-13-23(26)30(24,3)4;1-2/h5-17H,1-4H3;1-2H3. The number of rotatable bonds is 0. The quantitative estimate of drug-likeness (QED) is 0.232. The van der Waals surface area contributed by atoms with E-state index < -0.39 is 0 Å². The van der Waals surface area contributed by atoms with Gasteiger partial charge in [-0.3, -0.25) is 0 Å². The molecule has 1 aromatic heterocycles. The van der Waals surface area contributed by atoms with Gasteiger partial charge in [0.15, 0.2) is 0 Å². The predicted molar refractivity (Wildman–Crippen MR) is 142 cm³/mol. The average Bonchev–Trinajstić information content (AvgIpc) is 3.28. The fourth-order valence-corrected chi connectivity index (χ4v) is 6.36. The Hall–Kier alpha value is -3.32. The van der Waals surface area contributed by atoms with Crippen molar-refractivity contribution in [1.29, 1.82) is 0 Å². The highest BCUT2D eigenvalue weighted by molar-refractivity contribution is 6.13. The van der Waals surface area contributed by atoms with Crippen LogP contribution in [0, 0.1) is 0 Å². The molecule has 0 spiro atoms. The number of aromatic nitrogens is 1. The minimum absolute atomic E-state index is 0.00708. The van der Waals surface area contributed by atoms with Crippen LogP contribution in [0.4, 0.5) is 0 Å². The fourth-order valence-electron chi connectivity index (χ4n) is 6.36. The van der Waals surface area contributed by atoms with Crippen molar-refractivity contribution in [2.45, 2.75) is 52.4 Å². The fraction of sp³-hybridized carbons (Fsp3) is 0.250. The number of benzene rings is 4. The van der Waals surface area contributed by atoms with Crippen molar-refractivity contribution in [3.8, 4) is 16.8 Å². The SMILES string of the molecule is CC.CC1(C)c2ccccc2-c2cc3c4cccc5c4n(c3cc21)-c1ccccc1C5(C)C. The Labute approximate surface area is 196 Å². The van der Waals surface area contributed by atoms with Crippen molar-refractivity contribution >= 4 is 21.8 Å². The third-order valence-corrected chi connectivity index (χ3v) is 7.98. The number of hydrogen-bond donors (Lipinski definition) is 0. The van der Waals surface area contributed by atoms with E-state index in [1.807, 2.05) is 13.8 Å². The van der Waals surface area contributed by atoms with Gasteiger partial charge in [0, 0.05) is 21.6 Å². The first-order valence-corrected chi connectivity index (χ1v) is 12.2. The first kappa shape index (κ1) is 20.3. The second-order valence-electron chi connectivity index (χ2n) is 10.3. The number of nitrogens with zero attached hydrogens (tertiary/aromatic N) is 1. The molecule has 0 atom stereocenters. The Kier molecular flexibility index (Phi) is 4.06. The van der Waals surface area contributed by atoms with E-state index in [0.717, 1.165) is 0 Å². The molecule has 2 heterocycles. The first-order valence-electron chi connectivity index (χ1n) is 12.2. The third-order valence-electron chi connectivity index (χ3n) is 7.98. The molecule has 0 radical (unpaired) electrons. The molecule has 0 amide bonds. The summed E-state index contributed by atoms with van der Waals surface area (Å²) in [5.41, 5.74) is 12.5. The highest BCUT2D eigenvalue weighted by Gasteiger charge is 2.38. The van der Waals surface area contributed by atoms with E-state index in [-0.39, 0.29) is 10.8 Å². The third kappa shape index (κ3) is 2.38. The monoisotopic (exact) mass is 429 g/mol. The summed E-state index contributed by atoms with van der Waals surface area (Å²) < 4.78 is 2.53. The summed E-state index contributed by atoms with van der Waals surface area (Å²) in [6.45, 7) is 13.5. The molecule has 5 aromatic rings. The highest BCUT2D eigenvalue weighted by atomic mass is 15.0. The molecule has 0 saturated heterocycles. The Morgan fingerprint density at radius 1 is 0.545 bits per heavy atom. The van der Waals surface area contributed by atoms with Crippen molar-refractivity contribution in [3.63, 3.8) is 0 Å². The van der Waals surface area contributed by atoms with Crippen LogP contribution in [0.2, 0.25) is 0 Å². The van der Waals surface area contributed by atoms with Gasteiger partial charge in [0.1, 0.15) is 0 Å². The molecular weight excluding hydrogens is 398 g/mol. The number of fused-ring (bicyclic) bond motifs is 8. The first-order chi connectivity index (χ1) is 15.9. The lowest BCUT2D eigenvalue weighted by molar-refractivity contribution is 0.630. The van der Waals surface area contributed by atoms with E-state index in [0.29, 0.717) is 0 Å². The van der Waals surface area contributed by atoms with E-state index in [1.54, 1.807) is 0 Å². The van der Waals surface area contributed by atoms with Crippen molar-refractivity contribution in [2.24, 2.45) is 0 Å². The topological polar surface area (TPSA) is 4.93 Å². The van der Waals surface area contributed by atoms with Crippen molar-refractivity contribution < 1.29 is 0 Å². The normalized spacial score (nSPS) is 16.1. The van der Waals surface area contributed by atoms with Crippen LogP contribution in [0.15, 0.2) is 78.9 Å². The van der Waals surface area contributed by atoms with E-state index in [2.05, 4.69) is 111 Å². The molecule has 1 heteroatoms. The van der Waals surface area contributed by atoms with Crippen LogP contribution in [0.3, 0.4) is 0 Å². The largest absolute Gasteiger partial charge is 0.309 e. The van der Waals surface area contributed by atoms with Crippen LogP contribution in [-0.2, 0) is 10.8 Å². The van der Waals surface area contributed by atoms with Crippen molar-refractivity contribution in [1.82, 2.24) is 4.57 Å². The molecule has 1 nitrogen and oxygen atoms in total. The van der Waals surface area contributed by atoms with Crippen molar-refractivity contribution in [2.75, 3.05) is 0 Å². The summed E-state index contributed by atoms with van der Waals surface area (Å²) in [7, 11) is 0. The Balaban J connectivity index is 0.00000101. The molecule has 164 valence electrons. The van der Waals surface area contributed by atoms with Crippen LogP contribution >= 0.6 is 0 Å². The van der Waals surface area contributed by atoms with Crippen LogP contribution in [0.5, 0.6) is 0 Å². The molecule has 33 heavy (non-hydrogen) atoms. The Bertz CT molecular complexity index is 1580. The smallest absolute Gasteiger partial charge is 0.0582 e. The van der Waals surface area contributed by atoms with Gasteiger partial charge in [0.05, 0.1) is 16.7 Å². The molecule has 7 rings (SSSR count).